The van der Waals surface area contributed by atoms with Gasteiger partial charge in [-0.25, -0.2) is 19.5 Å². The SMILES string of the molecule is Cc1cc(C(F)(F)F)nc2sc3c(ncn4nc(-c5cc(-c6ccc(Cl)cc6)n[nH]5)nc34)c12. The minimum Gasteiger partial charge on any atom is -0.274 e. The topological polar surface area (TPSA) is 84.6 Å². The Morgan fingerprint density at radius 2 is 1.88 bits per heavy atom. The fraction of sp³-hybridized carbons (Fsp3) is 0.0952. The van der Waals surface area contributed by atoms with Crippen LogP contribution in [0.4, 0.5) is 13.2 Å². The van der Waals surface area contributed by atoms with Gasteiger partial charge in [-0.3, -0.25) is 5.10 Å². The summed E-state index contributed by atoms with van der Waals surface area (Å²) in [6, 6.07) is 10.1. The van der Waals surface area contributed by atoms with Crippen LogP contribution in [0.1, 0.15) is 11.3 Å². The maximum absolute atomic E-state index is 13.2. The van der Waals surface area contributed by atoms with Crippen LogP contribution >= 0.6 is 22.9 Å². The van der Waals surface area contributed by atoms with Crippen molar-refractivity contribution < 1.29 is 13.2 Å². The largest absolute Gasteiger partial charge is 0.433 e. The van der Waals surface area contributed by atoms with Gasteiger partial charge < -0.3 is 0 Å². The molecule has 0 radical (unpaired) electrons. The third kappa shape index (κ3) is 3.23. The minimum atomic E-state index is -4.53. The van der Waals surface area contributed by atoms with E-state index in [1.165, 1.54) is 10.8 Å². The Labute approximate surface area is 191 Å². The van der Waals surface area contributed by atoms with E-state index in [2.05, 4.69) is 30.2 Å². The first-order chi connectivity index (χ1) is 15.8. The fourth-order valence-electron chi connectivity index (χ4n) is 3.67. The van der Waals surface area contributed by atoms with Crippen LogP contribution < -0.4 is 0 Å². The third-order valence-corrected chi connectivity index (χ3v) is 6.53. The molecule has 0 unspecified atom stereocenters. The number of alkyl halides is 3. The normalized spacial score (nSPS) is 12.4. The molecule has 1 N–H and O–H groups in total. The average molecular weight is 486 g/mol. The van der Waals surface area contributed by atoms with Crippen molar-refractivity contribution in [1.29, 1.82) is 0 Å². The standard InChI is InChI=1S/C21H11ClF3N7S/c1-9-6-14(21(23,24)25)27-20-15(9)16-17(33-20)19-28-18(31-32(19)8-26-16)13-7-12(29-30-13)10-2-4-11(22)5-3-10/h2-8H,1H3,(H,29,30). The summed E-state index contributed by atoms with van der Waals surface area (Å²) in [5, 5.41) is 12.9. The molecule has 33 heavy (non-hydrogen) atoms. The van der Waals surface area contributed by atoms with E-state index in [1.54, 1.807) is 19.1 Å². The van der Waals surface area contributed by atoms with Gasteiger partial charge in [0.05, 0.1) is 11.2 Å². The lowest BCUT2D eigenvalue weighted by Crippen LogP contribution is -2.07. The van der Waals surface area contributed by atoms with Crippen molar-refractivity contribution in [3.05, 3.63) is 59.0 Å². The number of hydrogen-bond acceptors (Lipinski definition) is 6. The molecule has 0 spiro atoms. The summed E-state index contributed by atoms with van der Waals surface area (Å²) in [7, 11) is 0. The number of benzene rings is 1. The monoisotopic (exact) mass is 485 g/mol. The number of aryl methyl sites for hydroxylation is 1. The Kier molecular flexibility index (Phi) is 4.23. The molecule has 1 aromatic carbocycles. The number of rotatable bonds is 2. The Morgan fingerprint density at radius 1 is 1.09 bits per heavy atom. The quantitative estimate of drug-likeness (QED) is 0.329. The van der Waals surface area contributed by atoms with E-state index >= 15 is 0 Å². The molecule has 164 valence electrons. The van der Waals surface area contributed by atoms with Crippen LogP contribution in [0.3, 0.4) is 0 Å². The molecule has 6 aromatic rings. The van der Waals surface area contributed by atoms with E-state index in [0.717, 1.165) is 23.0 Å². The smallest absolute Gasteiger partial charge is 0.274 e. The van der Waals surface area contributed by atoms with Gasteiger partial charge in [-0.1, -0.05) is 23.7 Å². The highest BCUT2D eigenvalue weighted by Gasteiger charge is 2.33. The van der Waals surface area contributed by atoms with E-state index in [4.69, 9.17) is 11.6 Å². The number of aromatic nitrogens is 7. The summed E-state index contributed by atoms with van der Waals surface area (Å²) in [5.74, 6) is 0.384. The first-order valence-corrected chi connectivity index (χ1v) is 10.8. The zero-order valence-corrected chi connectivity index (χ0v) is 18.2. The molecule has 7 nitrogen and oxygen atoms in total. The molecule has 0 saturated heterocycles. The molecule has 0 amide bonds. The lowest BCUT2D eigenvalue weighted by molar-refractivity contribution is -0.141. The number of nitrogens with one attached hydrogen (secondary N) is 1. The van der Waals surface area contributed by atoms with Gasteiger partial charge in [0, 0.05) is 16.0 Å². The molecule has 0 bridgehead atoms. The minimum absolute atomic E-state index is 0.258. The van der Waals surface area contributed by atoms with E-state index in [0.29, 0.717) is 49.0 Å². The maximum atomic E-state index is 13.2. The molecule has 0 aliphatic heterocycles. The highest BCUT2D eigenvalue weighted by atomic mass is 35.5. The summed E-state index contributed by atoms with van der Waals surface area (Å²) in [4.78, 5) is 13.1. The summed E-state index contributed by atoms with van der Waals surface area (Å²) >= 11 is 7.06. The molecule has 0 fully saturated rings. The van der Waals surface area contributed by atoms with Gasteiger partial charge in [-0.2, -0.15) is 18.3 Å². The van der Waals surface area contributed by atoms with Crippen molar-refractivity contribution >= 4 is 49.0 Å². The van der Waals surface area contributed by atoms with Gasteiger partial charge in [-0.05, 0) is 36.8 Å². The fourth-order valence-corrected chi connectivity index (χ4v) is 4.98. The Morgan fingerprint density at radius 3 is 2.64 bits per heavy atom. The molecule has 0 atom stereocenters. The Balaban J connectivity index is 1.49. The van der Waals surface area contributed by atoms with E-state index < -0.39 is 11.9 Å². The Bertz CT molecular complexity index is 1680. The van der Waals surface area contributed by atoms with Crippen LogP contribution in [0.25, 0.3) is 48.9 Å². The molecule has 0 saturated carbocycles. The zero-order valence-electron chi connectivity index (χ0n) is 16.6. The second-order valence-electron chi connectivity index (χ2n) is 7.40. The van der Waals surface area contributed by atoms with Crippen molar-refractivity contribution in [2.75, 3.05) is 0 Å². The molecule has 5 aromatic heterocycles. The zero-order chi connectivity index (χ0) is 22.9. The number of H-pyrrole nitrogens is 1. The van der Waals surface area contributed by atoms with E-state index in [1.807, 2.05) is 18.2 Å². The lowest BCUT2D eigenvalue weighted by atomic mass is 10.1. The van der Waals surface area contributed by atoms with Crippen molar-refractivity contribution in [2.24, 2.45) is 0 Å². The molecule has 0 aliphatic carbocycles. The molecule has 6 rings (SSSR count). The number of aromatic amines is 1. The summed E-state index contributed by atoms with van der Waals surface area (Å²) < 4.78 is 41.8. The number of thiophene rings is 1. The highest BCUT2D eigenvalue weighted by Crippen LogP contribution is 2.38. The van der Waals surface area contributed by atoms with Gasteiger partial charge in [0.2, 0.25) is 0 Å². The van der Waals surface area contributed by atoms with Gasteiger partial charge >= 0.3 is 6.18 Å². The summed E-state index contributed by atoms with van der Waals surface area (Å²) in [5.41, 5.74) is 2.72. The van der Waals surface area contributed by atoms with Crippen LogP contribution in [0, 0.1) is 6.92 Å². The second kappa shape index (κ2) is 6.96. The number of hydrogen-bond donors (Lipinski definition) is 1. The molecule has 5 heterocycles. The van der Waals surface area contributed by atoms with Crippen LogP contribution in [0.15, 0.2) is 42.7 Å². The first-order valence-electron chi connectivity index (χ1n) is 9.62. The van der Waals surface area contributed by atoms with Crippen LogP contribution in [-0.4, -0.2) is 34.8 Å². The highest BCUT2D eigenvalue weighted by molar-refractivity contribution is 7.26. The van der Waals surface area contributed by atoms with Crippen LogP contribution in [-0.2, 0) is 6.18 Å². The van der Waals surface area contributed by atoms with Gasteiger partial charge in [0.25, 0.3) is 0 Å². The van der Waals surface area contributed by atoms with Gasteiger partial charge in [0.1, 0.15) is 27.2 Å². The van der Waals surface area contributed by atoms with Gasteiger partial charge in [0.15, 0.2) is 11.5 Å². The molecular formula is C21H11ClF3N7S. The predicted octanol–water partition coefficient (Wildman–Crippen LogP) is 5.92. The van der Waals surface area contributed by atoms with E-state index in [9.17, 15) is 13.2 Å². The van der Waals surface area contributed by atoms with Crippen LogP contribution in [0.5, 0.6) is 0 Å². The molecule has 12 heteroatoms. The maximum Gasteiger partial charge on any atom is 0.433 e. The molecular weight excluding hydrogens is 475 g/mol. The van der Waals surface area contributed by atoms with Gasteiger partial charge in [-0.15, -0.1) is 16.4 Å². The van der Waals surface area contributed by atoms with Crippen molar-refractivity contribution in [1.82, 2.24) is 34.8 Å². The Hall–Kier alpha value is -3.57. The van der Waals surface area contributed by atoms with Crippen LogP contribution in [0.2, 0.25) is 5.02 Å². The van der Waals surface area contributed by atoms with Crippen molar-refractivity contribution in [3.63, 3.8) is 0 Å². The van der Waals surface area contributed by atoms with Crippen molar-refractivity contribution in [2.45, 2.75) is 13.1 Å². The average Bonchev–Trinajstić information content (AvgIpc) is 3.49. The third-order valence-electron chi connectivity index (χ3n) is 5.21. The number of nitrogens with zero attached hydrogens (tertiary/aromatic N) is 6. The van der Waals surface area contributed by atoms with Crippen molar-refractivity contribution in [3.8, 4) is 22.8 Å². The summed E-state index contributed by atoms with van der Waals surface area (Å²) in [6.45, 7) is 1.62. The number of halogens is 4. The summed E-state index contributed by atoms with van der Waals surface area (Å²) in [6.07, 6.45) is -3.03. The first kappa shape index (κ1) is 20.1. The number of pyridine rings is 1. The number of fused-ring (bicyclic) bond motifs is 5. The molecule has 0 aliphatic rings. The van der Waals surface area contributed by atoms with E-state index in [-0.39, 0.29) is 4.83 Å². The predicted molar refractivity (Wildman–Crippen MR) is 119 cm³/mol. The second-order valence-corrected chi connectivity index (χ2v) is 8.84. The lowest BCUT2D eigenvalue weighted by Gasteiger charge is -2.06.